The van der Waals surface area contributed by atoms with Gasteiger partial charge in [-0.15, -0.1) is 5.10 Å². The van der Waals surface area contributed by atoms with Gasteiger partial charge in [0, 0.05) is 5.69 Å². The number of rotatable bonds is 3. The number of carbonyl (C=O) groups is 1. The molecule has 0 radical (unpaired) electrons. The Hall–Kier alpha value is -2.37. The Bertz CT molecular complexity index is 555. The number of aryl methyl sites for hydroxylation is 2. The molecule has 1 aromatic heterocycles. The van der Waals surface area contributed by atoms with Gasteiger partial charge < -0.3 is 11.1 Å². The summed E-state index contributed by atoms with van der Waals surface area (Å²) in [6.07, 6.45) is 1.51. The summed E-state index contributed by atoms with van der Waals surface area (Å²) >= 11 is 0. The highest BCUT2D eigenvalue weighted by molar-refractivity contribution is 5.90. The summed E-state index contributed by atoms with van der Waals surface area (Å²) in [7, 11) is 0. The standard InChI is InChI=1S/C12H15N5O/c1-8-3-9(2)5-10(4-8)14-12(18)7-17-6-11(13)15-16-17/h3-6H,7,13H2,1-2H3,(H,14,18). The van der Waals surface area contributed by atoms with Crippen molar-refractivity contribution in [2.45, 2.75) is 20.4 Å². The van der Waals surface area contributed by atoms with Gasteiger partial charge in [-0.1, -0.05) is 11.3 Å². The van der Waals surface area contributed by atoms with Crippen molar-refractivity contribution in [3.63, 3.8) is 0 Å². The molecule has 2 rings (SSSR count). The van der Waals surface area contributed by atoms with Crippen molar-refractivity contribution < 1.29 is 4.79 Å². The molecule has 6 nitrogen and oxygen atoms in total. The van der Waals surface area contributed by atoms with E-state index in [4.69, 9.17) is 5.73 Å². The van der Waals surface area contributed by atoms with Crippen molar-refractivity contribution in [2.75, 3.05) is 11.1 Å². The number of carbonyl (C=O) groups excluding carboxylic acids is 1. The lowest BCUT2D eigenvalue weighted by molar-refractivity contribution is -0.116. The van der Waals surface area contributed by atoms with E-state index in [0.717, 1.165) is 16.8 Å². The van der Waals surface area contributed by atoms with Crippen LogP contribution < -0.4 is 11.1 Å². The molecule has 94 valence electrons. The second-order valence-corrected chi connectivity index (χ2v) is 4.27. The molecule has 0 aliphatic rings. The fourth-order valence-corrected chi connectivity index (χ4v) is 1.79. The predicted octanol–water partition coefficient (Wildman–Crippen LogP) is 1.12. The molecule has 1 aromatic carbocycles. The summed E-state index contributed by atoms with van der Waals surface area (Å²) in [6.45, 7) is 4.07. The highest BCUT2D eigenvalue weighted by Gasteiger charge is 2.06. The lowest BCUT2D eigenvalue weighted by atomic mass is 10.1. The molecule has 0 bridgehead atoms. The van der Waals surface area contributed by atoms with Crippen LogP contribution in [0.2, 0.25) is 0 Å². The van der Waals surface area contributed by atoms with Crippen LogP contribution in [0, 0.1) is 13.8 Å². The van der Waals surface area contributed by atoms with Gasteiger partial charge in [-0.05, 0) is 37.1 Å². The SMILES string of the molecule is Cc1cc(C)cc(NC(=O)Cn2cc(N)nn2)c1. The molecule has 0 spiro atoms. The fourth-order valence-electron chi connectivity index (χ4n) is 1.79. The smallest absolute Gasteiger partial charge is 0.246 e. The normalized spacial score (nSPS) is 10.3. The second kappa shape index (κ2) is 4.87. The summed E-state index contributed by atoms with van der Waals surface area (Å²) in [4.78, 5) is 11.8. The average Bonchev–Trinajstić information content (AvgIpc) is 2.61. The average molecular weight is 245 g/mol. The maximum Gasteiger partial charge on any atom is 0.246 e. The van der Waals surface area contributed by atoms with Crippen molar-refractivity contribution in [2.24, 2.45) is 0 Å². The first-order chi connectivity index (χ1) is 8.52. The van der Waals surface area contributed by atoms with Crippen molar-refractivity contribution in [1.82, 2.24) is 15.0 Å². The zero-order valence-electron chi connectivity index (χ0n) is 10.3. The van der Waals surface area contributed by atoms with Crippen LogP contribution in [0.15, 0.2) is 24.4 Å². The molecular formula is C12H15N5O. The Kier molecular flexibility index (Phi) is 3.27. The van der Waals surface area contributed by atoms with E-state index >= 15 is 0 Å². The lowest BCUT2D eigenvalue weighted by Gasteiger charge is -2.07. The zero-order valence-corrected chi connectivity index (χ0v) is 10.3. The van der Waals surface area contributed by atoms with E-state index in [9.17, 15) is 4.79 Å². The quantitative estimate of drug-likeness (QED) is 0.848. The minimum atomic E-state index is -0.162. The van der Waals surface area contributed by atoms with Crippen molar-refractivity contribution in [3.05, 3.63) is 35.5 Å². The third kappa shape index (κ3) is 3.07. The highest BCUT2D eigenvalue weighted by Crippen LogP contribution is 2.13. The van der Waals surface area contributed by atoms with Crippen LogP contribution >= 0.6 is 0 Å². The van der Waals surface area contributed by atoms with E-state index in [1.54, 1.807) is 0 Å². The number of benzene rings is 1. The first-order valence-corrected chi connectivity index (χ1v) is 5.57. The summed E-state index contributed by atoms with van der Waals surface area (Å²) in [5.74, 6) is 0.138. The molecule has 1 amide bonds. The first-order valence-electron chi connectivity index (χ1n) is 5.57. The lowest BCUT2D eigenvalue weighted by Crippen LogP contribution is -2.19. The van der Waals surface area contributed by atoms with Crippen LogP contribution in [0.1, 0.15) is 11.1 Å². The zero-order chi connectivity index (χ0) is 13.1. The van der Waals surface area contributed by atoms with Crippen LogP contribution in [0.3, 0.4) is 0 Å². The molecule has 18 heavy (non-hydrogen) atoms. The monoisotopic (exact) mass is 245 g/mol. The Morgan fingerprint density at radius 2 is 2.00 bits per heavy atom. The molecule has 6 heteroatoms. The van der Waals surface area contributed by atoms with Gasteiger partial charge in [0.05, 0.1) is 6.20 Å². The van der Waals surface area contributed by atoms with Crippen molar-refractivity contribution in [3.8, 4) is 0 Å². The van der Waals surface area contributed by atoms with E-state index in [2.05, 4.69) is 15.6 Å². The molecule has 2 aromatic rings. The van der Waals surface area contributed by atoms with Crippen LogP contribution in [0.25, 0.3) is 0 Å². The van der Waals surface area contributed by atoms with Crippen molar-refractivity contribution >= 4 is 17.4 Å². The largest absolute Gasteiger partial charge is 0.381 e. The fraction of sp³-hybridized carbons (Fsp3) is 0.250. The number of nitrogens with zero attached hydrogens (tertiary/aromatic N) is 3. The highest BCUT2D eigenvalue weighted by atomic mass is 16.2. The van der Waals surface area contributed by atoms with Gasteiger partial charge in [-0.2, -0.15) is 0 Å². The van der Waals surface area contributed by atoms with Crippen LogP contribution in [0.5, 0.6) is 0 Å². The van der Waals surface area contributed by atoms with Gasteiger partial charge in [0.1, 0.15) is 6.54 Å². The maximum absolute atomic E-state index is 11.8. The summed E-state index contributed by atoms with van der Waals surface area (Å²) in [6, 6.07) is 5.88. The minimum absolute atomic E-state index is 0.0944. The minimum Gasteiger partial charge on any atom is -0.381 e. The van der Waals surface area contributed by atoms with Crippen LogP contribution in [-0.2, 0) is 11.3 Å². The Morgan fingerprint density at radius 3 is 2.56 bits per heavy atom. The maximum atomic E-state index is 11.8. The number of nitrogen functional groups attached to an aromatic ring is 1. The van der Waals surface area contributed by atoms with E-state index in [1.165, 1.54) is 10.9 Å². The molecule has 0 fully saturated rings. The van der Waals surface area contributed by atoms with Gasteiger partial charge in [0.25, 0.3) is 0 Å². The van der Waals surface area contributed by atoms with Crippen molar-refractivity contribution in [1.29, 1.82) is 0 Å². The number of hydrogen-bond acceptors (Lipinski definition) is 4. The molecule has 0 saturated carbocycles. The third-order valence-corrected chi connectivity index (χ3v) is 2.37. The van der Waals surface area contributed by atoms with Gasteiger partial charge in [0.2, 0.25) is 5.91 Å². The van der Waals surface area contributed by atoms with Gasteiger partial charge in [-0.3, -0.25) is 4.79 Å². The first kappa shape index (κ1) is 12.1. The van der Waals surface area contributed by atoms with Gasteiger partial charge in [0.15, 0.2) is 5.82 Å². The molecule has 0 atom stereocenters. The number of anilines is 2. The molecule has 3 N–H and O–H groups in total. The molecule has 1 heterocycles. The topological polar surface area (TPSA) is 85.8 Å². The number of nitrogens with one attached hydrogen (secondary N) is 1. The second-order valence-electron chi connectivity index (χ2n) is 4.27. The number of amides is 1. The molecule has 0 saturated heterocycles. The van der Waals surface area contributed by atoms with Crippen LogP contribution in [0.4, 0.5) is 11.5 Å². The molecular weight excluding hydrogens is 230 g/mol. The van der Waals surface area contributed by atoms with E-state index in [1.807, 2.05) is 32.0 Å². The van der Waals surface area contributed by atoms with Crippen LogP contribution in [-0.4, -0.2) is 20.9 Å². The van der Waals surface area contributed by atoms with Gasteiger partial charge >= 0.3 is 0 Å². The molecule has 0 aliphatic heterocycles. The van der Waals surface area contributed by atoms with E-state index in [0.29, 0.717) is 5.82 Å². The summed E-state index contributed by atoms with van der Waals surface area (Å²) in [5, 5.41) is 10.1. The molecule has 0 unspecified atom stereocenters. The third-order valence-electron chi connectivity index (χ3n) is 2.37. The molecule has 0 aliphatic carbocycles. The number of aromatic nitrogens is 3. The summed E-state index contributed by atoms with van der Waals surface area (Å²) in [5.41, 5.74) is 8.42. The Morgan fingerprint density at radius 1 is 1.33 bits per heavy atom. The number of nitrogens with two attached hydrogens (primary N) is 1. The van der Waals surface area contributed by atoms with E-state index in [-0.39, 0.29) is 12.5 Å². The predicted molar refractivity (Wildman–Crippen MR) is 69.0 cm³/mol. The Balaban J connectivity index is 2.02. The number of hydrogen-bond donors (Lipinski definition) is 2. The summed E-state index contributed by atoms with van der Waals surface area (Å²) < 4.78 is 1.40. The van der Waals surface area contributed by atoms with Gasteiger partial charge in [-0.25, -0.2) is 4.68 Å². The Labute approximate surface area is 105 Å². The van der Waals surface area contributed by atoms with E-state index < -0.39 is 0 Å².